The van der Waals surface area contributed by atoms with Crippen LogP contribution in [-0.2, 0) is 13.0 Å². The third-order valence-corrected chi connectivity index (χ3v) is 3.03. The van der Waals surface area contributed by atoms with E-state index in [1.165, 1.54) is 11.3 Å². The molecule has 2 aromatic rings. The van der Waals surface area contributed by atoms with E-state index in [0.717, 1.165) is 18.8 Å². The van der Waals surface area contributed by atoms with Gasteiger partial charge >= 0.3 is 0 Å². The Labute approximate surface area is 94.3 Å². The van der Waals surface area contributed by atoms with E-state index < -0.39 is 0 Å². The fourth-order valence-corrected chi connectivity index (χ4v) is 2.24. The average Bonchev–Trinajstić information content (AvgIpc) is 2.94. The number of anilines is 1. The SMILES string of the molecule is CCn1ncnc1C1Cc2ccccc2N1. The second-order valence-electron chi connectivity index (χ2n) is 3.99. The lowest BCUT2D eigenvalue weighted by Crippen LogP contribution is -2.14. The lowest BCUT2D eigenvalue weighted by atomic mass is 10.1. The zero-order valence-electron chi connectivity index (χ0n) is 9.22. The van der Waals surface area contributed by atoms with Gasteiger partial charge in [0.2, 0.25) is 0 Å². The van der Waals surface area contributed by atoms with Crippen LogP contribution in [0.5, 0.6) is 0 Å². The van der Waals surface area contributed by atoms with E-state index in [-0.39, 0.29) is 6.04 Å². The van der Waals surface area contributed by atoms with Crippen molar-refractivity contribution in [3.8, 4) is 0 Å². The molecule has 2 heterocycles. The van der Waals surface area contributed by atoms with Gasteiger partial charge in [-0.15, -0.1) is 0 Å². The lowest BCUT2D eigenvalue weighted by molar-refractivity contribution is 0.583. The molecule has 0 spiro atoms. The number of hydrogen-bond acceptors (Lipinski definition) is 3. The molecule has 0 saturated carbocycles. The normalized spacial score (nSPS) is 18.2. The lowest BCUT2D eigenvalue weighted by Gasteiger charge is -2.11. The van der Waals surface area contributed by atoms with Crippen molar-refractivity contribution in [2.45, 2.75) is 25.9 Å². The van der Waals surface area contributed by atoms with Gasteiger partial charge in [-0.25, -0.2) is 9.67 Å². The fourth-order valence-electron chi connectivity index (χ4n) is 2.24. The predicted molar refractivity (Wildman–Crippen MR) is 62.2 cm³/mol. The van der Waals surface area contributed by atoms with E-state index >= 15 is 0 Å². The first-order chi connectivity index (χ1) is 7.88. The zero-order chi connectivity index (χ0) is 11.0. The summed E-state index contributed by atoms with van der Waals surface area (Å²) >= 11 is 0. The van der Waals surface area contributed by atoms with Crippen LogP contribution in [0.3, 0.4) is 0 Å². The Hall–Kier alpha value is -1.84. The number of benzene rings is 1. The van der Waals surface area contributed by atoms with Gasteiger partial charge in [0.25, 0.3) is 0 Å². The third kappa shape index (κ3) is 1.38. The molecule has 0 bridgehead atoms. The fraction of sp³-hybridized carbons (Fsp3) is 0.333. The van der Waals surface area contributed by atoms with E-state index in [1.54, 1.807) is 6.33 Å². The van der Waals surface area contributed by atoms with E-state index in [2.05, 4.69) is 46.6 Å². The summed E-state index contributed by atoms with van der Waals surface area (Å²) in [5, 5.41) is 7.70. The van der Waals surface area contributed by atoms with E-state index in [0.29, 0.717) is 0 Å². The van der Waals surface area contributed by atoms with Gasteiger partial charge in [-0.3, -0.25) is 0 Å². The Morgan fingerprint density at radius 3 is 3.12 bits per heavy atom. The highest BCUT2D eigenvalue weighted by Gasteiger charge is 2.24. The molecule has 4 heteroatoms. The van der Waals surface area contributed by atoms with Crippen molar-refractivity contribution in [2.24, 2.45) is 0 Å². The van der Waals surface area contributed by atoms with Crippen molar-refractivity contribution in [1.82, 2.24) is 14.8 Å². The van der Waals surface area contributed by atoms with Gasteiger partial charge in [0, 0.05) is 18.7 Å². The number of fused-ring (bicyclic) bond motifs is 1. The number of aromatic nitrogens is 3. The molecular weight excluding hydrogens is 200 g/mol. The summed E-state index contributed by atoms with van der Waals surface area (Å²) in [6.07, 6.45) is 2.62. The molecule has 4 nitrogen and oxygen atoms in total. The molecule has 1 aromatic heterocycles. The number of hydrogen-bond donors (Lipinski definition) is 1. The third-order valence-electron chi connectivity index (χ3n) is 3.03. The van der Waals surface area contributed by atoms with Crippen LogP contribution in [0.4, 0.5) is 5.69 Å². The molecule has 16 heavy (non-hydrogen) atoms. The maximum atomic E-state index is 4.34. The van der Waals surface area contributed by atoms with Crippen LogP contribution in [0.2, 0.25) is 0 Å². The van der Waals surface area contributed by atoms with Crippen molar-refractivity contribution < 1.29 is 0 Å². The topological polar surface area (TPSA) is 42.7 Å². The number of nitrogens with one attached hydrogen (secondary N) is 1. The van der Waals surface area contributed by atoms with Crippen molar-refractivity contribution in [3.63, 3.8) is 0 Å². The van der Waals surface area contributed by atoms with Gasteiger partial charge in [-0.2, -0.15) is 5.10 Å². The van der Waals surface area contributed by atoms with Crippen molar-refractivity contribution in [2.75, 3.05) is 5.32 Å². The molecule has 0 radical (unpaired) electrons. The molecule has 1 aromatic carbocycles. The molecule has 1 N–H and O–H groups in total. The molecular formula is C12H14N4. The van der Waals surface area contributed by atoms with Crippen LogP contribution in [0.15, 0.2) is 30.6 Å². The van der Waals surface area contributed by atoms with Gasteiger partial charge in [0.1, 0.15) is 12.2 Å². The molecule has 3 rings (SSSR count). The van der Waals surface area contributed by atoms with Crippen LogP contribution >= 0.6 is 0 Å². The Morgan fingerprint density at radius 2 is 2.31 bits per heavy atom. The quantitative estimate of drug-likeness (QED) is 0.831. The van der Waals surface area contributed by atoms with Gasteiger partial charge in [-0.1, -0.05) is 18.2 Å². The number of para-hydroxylation sites is 1. The predicted octanol–water partition coefficient (Wildman–Crippen LogP) is 2.01. The van der Waals surface area contributed by atoms with Gasteiger partial charge in [0.05, 0.1) is 6.04 Å². The summed E-state index contributed by atoms with van der Waals surface area (Å²) in [6.45, 7) is 2.95. The summed E-state index contributed by atoms with van der Waals surface area (Å²) in [6, 6.07) is 8.67. The molecule has 1 aliphatic heterocycles. The van der Waals surface area contributed by atoms with Crippen LogP contribution in [0, 0.1) is 0 Å². The van der Waals surface area contributed by atoms with Crippen molar-refractivity contribution in [1.29, 1.82) is 0 Å². The molecule has 1 aliphatic rings. The Morgan fingerprint density at radius 1 is 1.44 bits per heavy atom. The van der Waals surface area contributed by atoms with Crippen LogP contribution in [0.25, 0.3) is 0 Å². The summed E-state index contributed by atoms with van der Waals surface area (Å²) in [7, 11) is 0. The Balaban J connectivity index is 1.91. The molecule has 0 aliphatic carbocycles. The zero-order valence-corrected chi connectivity index (χ0v) is 9.22. The standard InChI is InChI=1S/C12H14N4/c1-2-16-12(13-8-14-16)11-7-9-5-3-4-6-10(9)15-11/h3-6,8,11,15H,2,7H2,1H3. The summed E-state index contributed by atoms with van der Waals surface area (Å²) < 4.78 is 1.95. The number of aryl methyl sites for hydroxylation is 1. The van der Waals surface area contributed by atoms with Gasteiger partial charge in [0.15, 0.2) is 0 Å². The second-order valence-corrected chi connectivity index (χ2v) is 3.99. The molecule has 82 valence electrons. The first kappa shape index (κ1) is 9.39. The number of rotatable bonds is 2. The molecule has 0 amide bonds. The smallest absolute Gasteiger partial charge is 0.149 e. The minimum absolute atomic E-state index is 0.264. The molecule has 1 atom stereocenters. The second kappa shape index (κ2) is 3.63. The van der Waals surface area contributed by atoms with E-state index in [1.807, 2.05) is 4.68 Å². The van der Waals surface area contributed by atoms with Crippen LogP contribution in [-0.4, -0.2) is 14.8 Å². The maximum absolute atomic E-state index is 4.34. The summed E-state index contributed by atoms with van der Waals surface area (Å²) in [4.78, 5) is 4.34. The van der Waals surface area contributed by atoms with Crippen LogP contribution < -0.4 is 5.32 Å². The monoisotopic (exact) mass is 214 g/mol. The van der Waals surface area contributed by atoms with E-state index in [4.69, 9.17) is 0 Å². The maximum Gasteiger partial charge on any atom is 0.149 e. The minimum Gasteiger partial charge on any atom is -0.375 e. The first-order valence-electron chi connectivity index (χ1n) is 5.60. The number of nitrogens with zero attached hydrogens (tertiary/aromatic N) is 3. The van der Waals surface area contributed by atoms with Crippen molar-refractivity contribution in [3.05, 3.63) is 42.0 Å². The van der Waals surface area contributed by atoms with Gasteiger partial charge < -0.3 is 5.32 Å². The highest BCUT2D eigenvalue weighted by Crippen LogP contribution is 2.32. The Kier molecular flexibility index (Phi) is 2.13. The first-order valence-corrected chi connectivity index (χ1v) is 5.60. The molecule has 1 unspecified atom stereocenters. The Bertz CT molecular complexity index is 478. The van der Waals surface area contributed by atoms with Crippen molar-refractivity contribution >= 4 is 5.69 Å². The van der Waals surface area contributed by atoms with Gasteiger partial charge in [-0.05, 0) is 18.6 Å². The van der Waals surface area contributed by atoms with E-state index in [9.17, 15) is 0 Å². The molecule has 0 fully saturated rings. The highest BCUT2D eigenvalue weighted by atomic mass is 15.3. The van der Waals surface area contributed by atoms with Crippen LogP contribution in [0.1, 0.15) is 24.4 Å². The molecule has 0 saturated heterocycles. The average molecular weight is 214 g/mol. The highest BCUT2D eigenvalue weighted by molar-refractivity contribution is 5.57. The summed E-state index contributed by atoms with van der Waals surface area (Å²) in [5.74, 6) is 1.03. The summed E-state index contributed by atoms with van der Waals surface area (Å²) in [5.41, 5.74) is 2.58. The largest absolute Gasteiger partial charge is 0.375 e. The minimum atomic E-state index is 0.264.